The highest BCUT2D eigenvalue weighted by molar-refractivity contribution is 5.39. The van der Waals surface area contributed by atoms with Crippen molar-refractivity contribution in [2.24, 2.45) is 0 Å². The van der Waals surface area contributed by atoms with Gasteiger partial charge >= 0.3 is 0 Å². The van der Waals surface area contributed by atoms with Crippen molar-refractivity contribution in [3.63, 3.8) is 0 Å². The van der Waals surface area contributed by atoms with Crippen LogP contribution in [0.15, 0.2) is 24.3 Å². The third-order valence-electron chi connectivity index (χ3n) is 2.29. The molecule has 0 saturated carbocycles. The lowest BCUT2D eigenvalue weighted by Gasteiger charge is -2.20. The maximum absolute atomic E-state index is 5.60. The first kappa shape index (κ1) is 10.1. The number of rotatable bonds is 3. The van der Waals surface area contributed by atoms with Gasteiger partial charge in [-0.25, -0.2) is 0 Å². The number of benzene rings is 1. The number of anilines is 1. The summed E-state index contributed by atoms with van der Waals surface area (Å²) in [4.78, 5) is 2.30. The molecule has 0 aliphatic rings. The third-order valence-corrected chi connectivity index (χ3v) is 2.29. The topological polar surface area (TPSA) is 29.3 Å². The smallest absolute Gasteiger partial charge is 0.0314 e. The van der Waals surface area contributed by atoms with Crippen molar-refractivity contribution in [3.05, 3.63) is 29.8 Å². The second-order valence-corrected chi connectivity index (χ2v) is 3.75. The van der Waals surface area contributed by atoms with Gasteiger partial charge < -0.3 is 5.73 Å². The zero-order valence-corrected chi connectivity index (χ0v) is 8.62. The molecular formula is C11H18N2. The zero-order chi connectivity index (χ0) is 9.84. The minimum absolute atomic E-state index is 0.581. The second-order valence-electron chi connectivity index (χ2n) is 3.75. The Labute approximate surface area is 80.4 Å². The summed E-state index contributed by atoms with van der Waals surface area (Å²) in [5, 5.41) is 0. The Hall–Kier alpha value is -1.02. The maximum atomic E-state index is 5.60. The average Bonchev–Trinajstić information content (AvgIpc) is 2.08. The van der Waals surface area contributed by atoms with E-state index in [4.69, 9.17) is 5.73 Å². The largest absolute Gasteiger partial charge is 0.399 e. The van der Waals surface area contributed by atoms with E-state index in [0.29, 0.717) is 6.04 Å². The third kappa shape index (κ3) is 3.07. The van der Waals surface area contributed by atoms with Crippen LogP contribution < -0.4 is 5.73 Å². The van der Waals surface area contributed by atoms with E-state index in [-0.39, 0.29) is 0 Å². The maximum Gasteiger partial charge on any atom is 0.0314 e. The van der Waals surface area contributed by atoms with Crippen LogP contribution in [0.5, 0.6) is 0 Å². The highest BCUT2D eigenvalue weighted by Crippen LogP contribution is 2.08. The lowest BCUT2D eigenvalue weighted by atomic mass is 10.2. The van der Waals surface area contributed by atoms with E-state index in [0.717, 1.165) is 12.2 Å². The Morgan fingerprint density at radius 1 is 1.23 bits per heavy atom. The molecule has 0 aliphatic carbocycles. The van der Waals surface area contributed by atoms with Gasteiger partial charge in [0.1, 0.15) is 0 Å². The molecule has 0 heterocycles. The number of hydrogen-bond acceptors (Lipinski definition) is 2. The molecule has 0 amide bonds. The molecule has 1 rings (SSSR count). The SMILES string of the molecule is CC(C)N(C)Cc1ccc(N)cc1. The molecule has 2 heteroatoms. The number of nitrogens with two attached hydrogens (primary N) is 1. The predicted molar refractivity (Wildman–Crippen MR) is 57.5 cm³/mol. The zero-order valence-electron chi connectivity index (χ0n) is 8.62. The molecule has 72 valence electrons. The van der Waals surface area contributed by atoms with Gasteiger partial charge in [-0.15, -0.1) is 0 Å². The van der Waals surface area contributed by atoms with Gasteiger partial charge in [0.05, 0.1) is 0 Å². The molecule has 2 nitrogen and oxygen atoms in total. The van der Waals surface area contributed by atoms with Crippen molar-refractivity contribution < 1.29 is 0 Å². The highest BCUT2D eigenvalue weighted by atomic mass is 15.1. The standard InChI is InChI=1S/C11H18N2/c1-9(2)13(3)8-10-4-6-11(12)7-5-10/h4-7,9H,8,12H2,1-3H3. The molecule has 13 heavy (non-hydrogen) atoms. The van der Waals surface area contributed by atoms with Crippen LogP contribution in [0.25, 0.3) is 0 Å². The Morgan fingerprint density at radius 3 is 2.23 bits per heavy atom. The minimum atomic E-state index is 0.581. The van der Waals surface area contributed by atoms with E-state index in [1.54, 1.807) is 0 Å². The summed E-state index contributed by atoms with van der Waals surface area (Å²) in [5.41, 5.74) is 7.74. The molecule has 0 saturated heterocycles. The van der Waals surface area contributed by atoms with Gasteiger partial charge in [-0.05, 0) is 38.6 Å². The molecular weight excluding hydrogens is 160 g/mol. The van der Waals surface area contributed by atoms with Crippen LogP contribution in [0.4, 0.5) is 5.69 Å². The lowest BCUT2D eigenvalue weighted by Crippen LogP contribution is -2.25. The van der Waals surface area contributed by atoms with Gasteiger partial charge in [0.25, 0.3) is 0 Å². The Morgan fingerprint density at radius 2 is 1.77 bits per heavy atom. The first-order valence-corrected chi connectivity index (χ1v) is 4.64. The molecule has 0 unspecified atom stereocenters. The van der Waals surface area contributed by atoms with Gasteiger partial charge in [0.2, 0.25) is 0 Å². The van der Waals surface area contributed by atoms with Gasteiger partial charge in [-0.3, -0.25) is 4.90 Å². The van der Waals surface area contributed by atoms with Crippen molar-refractivity contribution >= 4 is 5.69 Å². The molecule has 0 spiro atoms. The highest BCUT2D eigenvalue weighted by Gasteiger charge is 2.03. The first-order chi connectivity index (χ1) is 6.09. The number of nitrogens with zero attached hydrogens (tertiary/aromatic N) is 1. The predicted octanol–water partition coefficient (Wildman–Crippen LogP) is 2.11. The Bertz CT molecular complexity index is 251. The number of hydrogen-bond donors (Lipinski definition) is 1. The van der Waals surface area contributed by atoms with Crippen LogP contribution in [0.3, 0.4) is 0 Å². The summed E-state index contributed by atoms with van der Waals surface area (Å²) in [6, 6.07) is 8.63. The van der Waals surface area contributed by atoms with E-state index < -0.39 is 0 Å². The molecule has 0 radical (unpaired) electrons. The number of nitrogen functional groups attached to an aromatic ring is 1. The fourth-order valence-electron chi connectivity index (χ4n) is 1.09. The van der Waals surface area contributed by atoms with E-state index in [1.807, 2.05) is 12.1 Å². The minimum Gasteiger partial charge on any atom is -0.399 e. The van der Waals surface area contributed by atoms with Crippen LogP contribution in [0, 0.1) is 0 Å². The van der Waals surface area contributed by atoms with Gasteiger partial charge in [0, 0.05) is 18.3 Å². The molecule has 0 fully saturated rings. The van der Waals surface area contributed by atoms with E-state index in [2.05, 4.69) is 37.9 Å². The molecule has 1 aromatic rings. The molecule has 2 N–H and O–H groups in total. The molecule has 0 aliphatic heterocycles. The van der Waals surface area contributed by atoms with Crippen molar-refractivity contribution in [2.45, 2.75) is 26.4 Å². The average molecular weight is 178 g/mol. The monoisotopic (exact) mass is 178 g/mol. The van der Waals surface area contributed by atoms with Crippen LogP contribution in [0.1, 0.15) is 19.4 Å². The van der Waals surface area contributed by atoms with Gasteiger partial charge in [-0.1, -0.05) is 12.1 Å². The van der Waals surface area contributed by atoms with Crippen molar-refractivity contribution in [3.8, 4) is 0 Å². The summed E-state index contributed by atoms with van der Waals surface area (Å²) in [5.74, 6) is 0. The lowest BCUT2D eigenvalue weighted by molar-refractivity contribution is 0.266. The van der Waals surface area contributed by atoms with Gasteiger partial charge in [-0.2, -0.15) is 0 Å². The van der Waals surface area contributed by atoms with Crippen molar-refractivity contribution in [1.82, 2.24) is 4.90 Å². The van der Waals surface area contributed by atoms with Crippen LogP contribution >= 0.6 is 0 Å². The summed E-state index contributed by atoms with van der Waals surface area (Å²) >= 11 is 0. The van der Waals surface area contributed by atoms with E-state index in [1.165, 1.54) is 5.56 Å². The molecule has 0 aromatic heterocycles. The van der Waals surface area contributed by atoms with Crippen LogP contribution in [-0.4, -0.2) is 18.0 Å². The second kappa shape index (κ2) is 4.28. The van der Waals surface area contributed by atoms with Crippen molar-refractivity contribution in [1.29, 1.82) is 0 Å². The van der Waals surface area contributed by atoms with Crippen LogP contribution in [0.2, 0.25) is 0 Å². The van der Waals surface area contributed by atoms with E-state index >= 15 is 0 Å². The first-order valence-electron chi connectivity index (χ1n) is 4.64. The Kier molecular flexibility index (Phi) is 3.32. The summed E-state index contributed by atoms with van der Waals surface area (Å²) < 4.78 is 0. The quantitative estimate of drug-likeness (QED) is 0.718. The van der Waals surface area contributed by atoms with Crippen molar-refractivity contribution in [2.75, 3.05) is 12.8 Å². The fraction of sp³-hybridized carbons (Fsp3) is 0.455. The fourth-order valence-corrected chi connectivity index (χ4v) is 1.09. The Balaban J connectivity index is 2.59. The molecule has 0 bridgehead atoms. The summed E-state index contributed by atoms with van der Waals surface area (Å²) in [6.45, 7) is 5.37. The molecule has 0 atom stereocenters. The van der Waals surface area contributed by atoms with Gasteiger partial charge in [0.15, 0.2) is 0 Å². The molecule has 1 aromatic carbocycles. The van der Waals surface area contributed by atoms with E-state index in [9.17, 15) is 0 Å². The summed E-state index contributed by atoms with van der Waals surface area (Å²) in [6.07, 6.45) is 0. The van der Waals surface area contributed by atoms with Crippen LogP contribution in [-0.2, 0) is 6.54 Å². The normalized spacial score (nSPS) is 11.2. The summed E-state index contributed by atoms with van der Waals surface area (Å²) in [7, 11) is 2.13.